The van der Waals surface area contributed by atoms with E-state index in [1.165, 1.54) is 0 Å². The molecule has 0 saturated carbocycles. The van der Waals surface area contributed by atoms with Crippen LogP contribution in [0, 0.1) is 3.57 Å². The van der Waals surface area contributed by atoms with Crippen molar-refractivity contribution in [1.29, 1.82) is 0 Å². The van der Waals surface area contributed by atoms with Crippen LogP contribution in [-0.2, 0) is 0 Å². The van der Waals surface area contributed by atoms with Crippen molar-refractivity contribution in [2.24, 2.45) is 0 Å². The van der Waals surface area contributed by atoms with Crippen LogP contribution in [0.5, 0.6) is 5.75 Å². The van der Waals surface area contributed by atoms with E-state index < -0.39 is 0 Å². The fourth-order valence-corrected chi connectivity index (χ4v) is 3.62. The summed E-state index contributed by atoms with van der Waals surface area (Å²) >= 11 is 10.9. The molecule has 0 aliphatic carbocycles. The molecule has 2 rings (SSSR count). The number of thiocarbonyl (C=S) groups is 1. The Morgan fingerprint density at radius 2 is 2.08 bits per heavy atom. The number of amides is 1. The van der Waals surface area contributed by atoms with Gasteiger partial charge in [0.15, 0.2) is 5.11 Å². The van der Waals surface area contributed by atoms with E-state index in [-0.39, 0.29) is 11.0 Å². The first-order valence-corrected chi connectivity index (χ1v) is 10.1. The summed E-state index contributed by atoms with van der Waals surface area (Å²) in [5, 5.41) is 5.98. The molecule has 0 aliphatic heterocycles. The summed E-state index contributed by atoms with van der Waals surface area (Å²) in [4.78, 5) is 12.4. The van der Waals surface area contributed by atoms with E-state index in [9.17, 15) is 4.79 Å². The van der Waals surface area contributed by atoms with Crippen LogP contribution in [-0.4, -0.2) is 17.6 Å². The molecular formula is C18H18BrIN2O2S. The molecule has 0 atom stereocenters. The molecule has 132 valence electrons. The number of nitrogens with one attached hydrogen (secondary N) is 2. The summed E-state index contributed by atoms with van der Waals surface area (Å²) in [6.07, 6.45) is 2.05. The number of unbranched alkanes of at least 4 members (excludes halogenated alkanes) is 1. The lowest BCUT2D eigenvalue weighted by molar-refractivity contribution is 0.0977. The lowest BCUT2D eigenvalue weighted by atomic mass is 10.2. The summed E-state index contributed by atoms with van der Waals surface area (Å²) in [5.74, 6) is 0.410. The molecule has 0 fully saturated rings. The van der Waals surface area contributed by atoms with Crippen molar-refractivity contribution in [2.45, 2.75) is 19.8 Å². The van der Waals surface area contributed by atoms with Gasteiger partial charge in [-0.25, -0.2) is 0 Å². The molecule has 0 aliphatic rings. The van der Waals surface area contributed by atoms with Crippen molar-refractivity contribution >= 4 is 67.4 Å². The van der Waals surface area contributed by atoms with Crippen LogP contribution in [0.1, 0.15) is 30.1 Å². The average molecular weight is 533 g/mol. The quantitative estimate of drug-likeness (QED) is 0.299. The molecule has 0 radical (unpaired) electrons. The van der Waals surface area contributed by atoms with Gasteiger partial charge in [0.05, 0.1) is 12.3 Å². The third-order valence-corrected chi connectivity index (χ3v) is 4.86. The molecule has 0 aromatic heterocycles. The van der Waals surface area contributed by atoms with Crippen molar-refractivity contribution in [3.63, 3.8) is 0 Å². The molecular weight excluding hydrogens is 515 g/mol. The van der Waals surface area contributed by atoms with E-state index in [1.54, 1.807) is 18.2 Å². The molecule has 0 saturated heterocycles. The van der Waals surface area contributed by atoms with Crippen LogP contribution in [0.3, 0.4) is 0 Å². The lowest BCUT2D eigenvalue weighted by Crippen LogP contribution is -2.34. The molecule has 0 unspecified atom stereocenters. The predicted octanol–water partition coefficient (Wildman–Crippen LogP) is 5.36. The molecule has 25 heavy (non-hydrogen) atoms. The molecule has 2 aromatic rings. The Balaban J connectivity index is 1.96. The van der Waals surface area contributed by atoms with Crippen LogP contribution in [0.15, 0.2) is 46.9 Å². The number of rotatable bonds is 6. The van der Waals surface area contributed by atoms with E-state index in [0.29, 0.717) is 17.9 Å². The first kappa shape index (κ1) is 20.1. The summed E-state index contributed by atoms with van der Waals surface area (Å²) in [5.41, 5.74) is 1.34. The number of hydrogen-bond donors (Lipinski definition) is 2. The maximum Gasteiger partial charge on any atom is 0.257 e. The number of benzene rings is 2. The van der Waals surface area contributed by atoms with Gasteiger partial charge in [-0.1, -0.05) is 35.3 Å². The SMILES string of the molecule is CCCCOc1cccc(C(=O)NC(=S)Nc2ccc(Br)cc2I)c1. The van der Waals surface area contributed by atoms with Crippen molar-refractivity contribution in [3.05, 3.63) is 56.1 Å². The minimum Gasteiger partial charge on any atom is -0.494 e. The van der Waals surface area contributed by atoms with E-state index in [1.807, 2.05) is 24.3 Å². The van der Waals surface area contributed by atoms with Gasteiger partial charge < -0.3 is 10.1 Å². The van der Waals surface area contributed by atoms with Gasteiger partial charge in [0.1, 0.15) is 5.75 Å². The Morgan fingerprint density at radius 1 is 1.28 bits per heavy atom. The molecule has 1 amide bonds. The molecule has 0 heterocycles. The van der Waals surface area contributed by atoms with Crippen LogP contribution < -0.4 is 15.4 Å². The largest absolute Gasteiger partial charge is 0.494 e. The summed E-state index contributed by atoms with van der Waals surface area (Å²) in [6, 6.07) is 12.9. The molecule has 2 N–H and O–H groups in total. The van der Waals surface area contributed by atoms with Gasteiger partial charge in [0.2, 0.25) is 0 Å². The zero-order valence-corrected chi connectivity index (χ0v) is 18.2. The number of hydrogen-bond acceptors (Lipinski definition) is 3. The smallest absolute Gasteiger partial charge is 0.257 e. The predicted molar refractivity (Wildman–Crippen MR) is 117 cm³/mol. The monoisotopic (exact) mass is 532 g/mol. The van der Waals surface area contributed by atoms with Gasteiger partial charge in [-0.2, -0.15) is 0 Å². The van der Waals surface area contributed by atoms with Crippen molar-refractivity contribution in [2.75, 3.05) is 11.9 Å². The Labute approximate surface area is 175 Å². The number of carbonyl (C=O) groups excluding carboxylic acids is 1. The number of carbonyl (C=O) groups is 1. The Bertz CT molecular complexity index is 770. The summed E-state index contributed by atoms with van der Waals surface area (Å²) in [6.45, 7) is 2.75. The fraction of sp³-hybridized carbons (Fsp3) is 0.222. The first-order valence-electron chi connectivity index (χ1n) is 7.80. The van der Waals surface area contributed by atoms with Crippen molar-refractivity contribution in [1.82, 2.24) is 5.32 Å². The lowest BCUT2D eigenvalue weighted by Gasteiger charge is -2.12. The third-order valence-electron chi connectivity index (χ3n) is 3.27. The number of halogens is 2. The minimum absolute atomic E-state index is 0.252. The topological polar surface area (TPSA) is 50.4 Å². The first-order chi connectivity index (χ1) is 12.0. The van der Waals surface area contributed by atoms with E-state index in [2.05, 4.69) is 56.1 Å². The van der Waals surface area contributed by atoms with Crippen molar-refractivity contribution < 1.29 is 9.53 Å². The highest BCUT2D eigenvalue weighted by Crippen LogP contribution is 2.22. The molecule has 4 nitrogen and oxygen atoms in total. The van der Waals surface area contributed by atoms with Gasteiger partial charge in [0, 0.05) is 13.6 Å². The van der Waals surface area contributed by atoms with Crippen LogP contribution >= 0.6 is 50.7 Å². The Kier molecular flexibility index (Phi) is 8.11. The van der Waals surface area contributed by atoms with E-state index in [4.69, 9.17) is 17.0 Å². The van der Waals surface area contributed by atoms with Gasteiger partial charge >= 0.3 is 0 Å². The van der Waals surface area contributed by atoms with Gasteiger partial charge in [-0.3, -0.25) is 10.1 Å². The van der Waals surface area contributed by atoms with Crippen LogP contribution in [0.4, 0.5) is 5.69 Å². The van der Waals surface area contributed by atoms with E-state index >= 15 is 0 Å². The zero-order chi connectivity index (χ0) is 18.2. The second-order valence-corrected chi connectivity index (χ2v) is 7.75. The summed E-state index contributed by atoms with van der Waals surface area (Å²) in [7, 11) is 0. The molecule has 0 bridgehead atoms. The molecule has 0 spiro atoms. The van der Waals surface area contributed by atoms with Gasteiger partial charge in [0.25, 0.3) is 5.91 Å². The zero-order valence-electron chi connectivity index (χ0n) is 13.6. The average Bonchev–Trinajstić information content (AvgIpc) is 2.58. The van der Waals surface area contributed by atoms with Crippen LogP contribution in [0.2, 0.25) is 0 Å². The maximum atomic E-state index is 12.4. The van der Waals surface area contributed by atoms with Gasteiger partial charge in [-0.05, 0) is 77.6 Å². The Morgan fingerprint density at radius 3 is 2.80 bits per heavy atom. The van der Waals surface area contributed by atoms with E-state index in [0.717, 1.165) is 26.6 Å². The highest BCUT2D eigenvalue weighted by molar-refractivity contribution is 14.1. The van der Waals surface area contributed by atoms with Crippen LogP contribution in [0.25, 0.3) is 0 Å². The molecule has 2 aromatic carbocycles. The number of ether oxygens (including phenoxy) is 1. The molecule has 7 heteroatoms. The third kappa shape index (κ3) is 6.56. The fourth-order valence-electron chi connectivity index (χ4n) is 1.98. The normalized spacial score (nSPS) is 10.2. The Hall–Kier alpha value is -1.19. The standard InChI is InChI=1S/C18H18BrIN2O2S/c1-2-3-9-24-14-6-4-5-12(10-14)17(23)22-18(25)21-16-8-7-13(19)11-15(16)20/h4-8,10-11H,2-3,9H2,1H3,(H2,21,22,23,25). The van der Waals surface area contributed by atoms with Crippen molar-refractivity contribution in [3.8, 4) is 5.75 Å². The highest BCUT2D eigenvalue weighted by atomic mass is 127. The second-order valence-electron chi connectivity index (χ2n) is 5.26. The maximum absolute atomic E-state index is 12.4. The minimum atomic E-state index is -0.273. The second kappa shape index (κ2) is 10.1. The van der Waals surface area contributed by atoms with Gasteiger partial charge in [-0.15, -0.1) is 0 Å². The summed E-state index contributed by atoms with van der Waals surface area (Å²) < 4.78 is 7.61. The number of anilines is 1. The highest BCUT2D eigenvalue weighted by Gasteiger charge is 2.10.